The molecule has 7 nitrogen and oxygen atoms in total. The number of rotatable bonds is 6. The Labute approximate surface area is 164 Å². The van der Waals surface area contributed by atoms with Crippen LogP contribution in [0.2, 0.25) is 0 Å². The van der Waals surface area contributed by atoms with Gasteiger partial charge in [0.05, 0.1) is 12.7 Å². The fraction of sp³-hybridized carbons (Fsp3) is 0.158. The van der Waals surface area contributed by atoms with Crippen molar-refractivity contribution in [1.82, 2.24) is 15.5 Å². The van der Waals surface area contributed by atoms with Crippen molar-refractivity contribution in [3.8, 4) is 16.3 Å². The number of aromatic nitrogens is 2. The van der Waals surface area contributed by atoms with E-state index in [2.05, 4.69) is 20.8 Å². The molecule has 0 aliphatic heterocycles. The Morgan fingerprint density at radius 2 is 1.93 bits per heavy atom. The van der Waals surface area contributed by atoms with Crippen LogP contribution in [-0.4, -0.2) is 35.2 Å². The molecule has 0 radical (unpaired) electrons. The summed E-state index contributed by atoms with van der Waals surface area (Å²) in [6.07, 6.45) is 0. The van der Waals surface area contributed by atoms with Crippen LogP contribution in [0.1, 0.15) is 17.3 Å². The van der Waals surface area contributed by atoms with E-state index in [1.807, 2.05) is 24.3 Å². The number of benzene rings is 2. The lowest BCUT2D eigenvalue weighted by atomic mass is 10.2. The summed E-state index contributed by atoms with van der Waals surface area (Å²) in [4.78, 5) is 24.4. The Balaban J connectivity index is 1.64. The van der Waals surface area contributed by atoms with E-state index in [9.17, 15) is 14.0 Å². The zero-order chi connectivity index (χ0) is 20.1. The van der Waals surface area contributed by atoms with Crippen LogP contribution in [0.15, 0.2) is 48.5 Å². The van der Waals surface area contributed by atoms with Crippen molar-refractivity contribution in [3.63, 3.8) is 0 Å². The van der Waals surface area contributed by atoms with Crippen LogP contribution in [-0.2, 0) is 4.79 Å². The molecule has 2 N–H and O–H groups in total. The molecule has 0 fully saturated rings. The van der Waals surface area contributed by atoms with Crippen LogP contribution >= 0.6 is 11.3 Å². The highest BCUT2D eigenvalue weighted by molar-refractivity contribution is 7.18. The molecule has 3 aromatic rings. The number of hydrogen-bond donors (Lipinski definition) is 2. The molecule has 0 bridgehead atoms. The number of carbonyl (C=O) groups excluding carboxylic acids is 2. The van der Waals surface area contributed by atoms with Crippen molar-refractivity contribution in [2.24, 2.45) is 0 Å². The van der Waals surface area contributed by atoms with E-state index in [0.717, 1.165) is 5.56 Å². The summed E-state index contributed by atoms with van der Waals surface area (Å²) in [5.74, 6) is -1.13. The normalized spacial score (nSPS) is 11.5. The zero-order valence-electron chi connectivity index (χ0n) is 15.1. The molecule has 0 spiro atoms. The first kappa shape index (κ1) is 19.4. The third-order valence-corrected chi connectivity index (χ3v) is 4.72. The van der Waals surface area contributed by atoms with Crippen LogP contribution in [0.25, 0.3) is 10.6 Å². The van der Waals surface area contributed by atoms with E-state index < -0.39 is 23.7 Å². The summed E-state index contributed by atoms with van der Waals surface area (Å²) >= 11 is 1.19. The van der Waals surface area contributed by atoms with Crippen LogP contribution in [0.4, 0.5) is 9.52 Å². The molecule has 3 rings (SSSR count). The van der Waals surface area contributed by atoms with Crippen molar-refractivity contribution < 1.29 is 18.7 Å². The molecule has 28 heavy (non-hydrogen) atoms. The molecule has 0 aliphatic carbocycles. The molecule has 2 aromatic carbocycles. The van der Waals surface area contributed by atoms with E-state index in [1.54, 1.807) is 13.2 Å². The lowest BCUT2D eigenvalue weighted by Gasteiger charge is -2.13. The van der Waals surface area contributed by atoms with Gasteiger partial charge in [0.15, 0.2) is 0 Å². The first-order chi connectivity index (χ1) is 13.5. The van der Waals surface area contributed by atoms with Gasteiger partial charge in [-0.3, -0.25) is 14.9 Å². The van der Waals surface area contributed by atoms with Crippen LogP contribution < -0.4 is 15.4 Å². The molecule has 1 heterocycles. The molecule has 144 valence electrons. The number of nitrogens with one attached hydrogen (secondary N) is 2. The van der Waals surface area contributed by atoms with Gasteiger partial charge in [0.1, 0.15) is 22.6 Å². The van der Waals surface area contributed by atoms with Crippen LogP contribution in [0, 0.1) is 5.82 Å². The first-order valence-electron chi connectivity index (χ1n) is 8.32. The monoisotopic (exact) mass is 400 g/mol. The van der Waals surface area contributed by atoms with E-state index in [0.29, 0.717) is 10.8 Å². The van der Waals surface area contributed by atoms with E-state index in [4.69, 9.17) is 4.74 Å². The van der Waals surface area contributed by atoms with Gasteiger partial charge in [0.25, 0.3) is 5.91 Å². The number of halogens is 1. The van der Waals surface area contributed by atoms with Crippen molar-refractivity contribution in [2.75, 3.05) is 12.4 Å². The second-order valence-electron chi connectivity index (χ2n) is 5.81. The third kappa shape index (κ3) is 4.49. The molecule has 2 amide bonds. The van der Waals surface area contributed by atoms with Gasteiger partial charge in [0.2, 0.25) is 11.0 Å². The average Bonchev–Trinajstić information content (AvgIpc) is 3.16. The van der Waals surface area contributed by atoms with Crippen molar-refractivity contribution in [3.05, 3.63) is 59.9 Å². The molecule has 1 aromatic heterocycles. The smallest absolute Gasteiger partial charge is 0.254 e. The van der Waals surface area contributed by atoms with Gasteiger partial charge in [-0.1, -0.05) is 35.6 Å². The number of methoxy groups -OCH3 is 1. The standard InChI is InChI=1S/C19H17FN4O3S/c1-11(21-17(26)14-8-3-4-9-15(14)20)16(25)22-19-24-23-18(28-19)12-6-5-7-13(10-12)27-2/h3-11H,1-2H3,(H,21,26)(H,22,24,25)/t11-/m1/s1. The highest BCUT2D eigenvalue weighted by atomic mass is 32.1. The number of anilines is 1. The number of ether oxygens (including phenoxy) is 1. The van der Waals surface area contributed by atoms with Crippen molar-refractivity contribution >= 4 is 28.3 Å². The van der Waals surface area contributed by atoms with Crippen LogP contribution in [0.5, 0.6) is 5.75 Å². The summed E-state index contributed by atoms with van der Waals surface area (Å²) in [6, 6.07) is 12.0. The fourth-order valence-corrected chi connectivity index (χ4v) is 3.09. The third-order valence-electron chi connectivity index (χ3n) is 3.83. The minimum atomic E-state index is -0.892. The van der Waals surface area contributed by atoms with Crippen molar-refractivity contribution in [2.45, 2.75) is 13.0 Å². The lowest BCUT2D eigenvalue weighted by Crippen LogP contribution is -2.41. The fourth-order valence-electron chi connectivity index (χ4n) is 2.35. The summed E-state index contributed by atoms with van der Waals surface area (Å²) in [5, 5.41) is 14.0. The van der Waals surface area contributed by atoms with Gasteiger partial charge in [-0.15, -0.1) is 10.2 Å². The summed E-state index contributed by atoms with van der Waals surface area (Å²) in [6.45, 7) is 1.50. The largest absolute Gasteiger partial charge is 0.497 e. The maximum absolute atomic E-state index is 13.7. The highest BCUT2D eigenvalue weighted by Crippen LogP contribution is 2.28. The molecule has 1 atom stereocenters. The quantitative estimate of drug-likeness (QED) is 0.663. The van der Waals surface area contributed by atoms with Gasteiger partial charge < -0.3 is 10.1 Å². The molecule has 9 heteroatoms. The summed E-state index contributed by atoms with van der Waals surface area (Å²) in [5.41, 5.74) is 0.677. The first-order valence-corrected chi connectivity index (χ1v) is 9.13. The Bertz CT molecular complexity index is 1010. The molecule has 0 saturated carbocycles. The minimum absolute atomic E-state index is 0.127. The van der Waals surface area contributed by atoms with Gasteiger partial charge in [-0.25, -0.2) is 4.39 Å². The van der Waals surface area contributed by atoms with Crippen LogP contribution in [0.3, 0.4) is 0 Å². The van der Waals surface area contributed by atoms with Gasteiger partial charge in [0, 0.05) is 5.56 Å². The molecular weight excluding hydrogens is 383 g/mol. The SMILES string of the molecule is COc1cccc(-c2nnc(NC(=O)[C@@H](C)NC(=O)c3ccccc3F)s2)c1. The number of hydrogen-bond acceptors (Lipinski definition) is 6. The summed E-state index contributed by atoms with van der Waals surface area (Å²) in [7, 11) is 1.57. The molecule has 0 saturated heterocycles. The second-order valence-corrected chi connectivity index (χ2v) is 6.79. The maximum Gasteiger partial charge on any atom is 0.254 e. The zero-order valence-corrected chi connectivity index (χ0v) is 15.9. The number of nitrogens with zero attached hydrogens (tertiary/aromatic N) is 2. The van der Waals surface area contributed by atoms with E-state index in [1.165, 1.54) is 36.5 Å². The van der Waals surface area contributed by atoms with E-state index >= 15 is 0 Å². The van der Waals surface area contributed by atoms with Crippen molar-refractivity contribution in [1.29, 1.82) is 0 Å². The average molecular weight is 400 g/mol. The summed E-state index contributed by atoms with van der Waals surface area (Å²) < 4.78 is 18.9. The van der Waals surface area contributed by atoms with Gasteiger partial charge >= 0.3 is 0 Å². The van der Waals surface area contributed by atoms with Gasteiger partial charge in [-0.2, -0.15) is 0 Å². The Morgan fingerprint density at radius 3 is 2.68 bits per heavy atom. The Hall–Kier alpha value is -3.33. The lowest BCUT2D eigenvalue weighted by molar-refractivity contribution is -0.117. The predicted octanol–water partition coefficient (Wildman–Crippen LogP) is 3.11. The topological polar surface area (TPSA) is 93.2 Å². The Morgan fingerprint density at radius 1 is 1.14 bits per heavy atom. The van der Waals surface area contributed by atoms with Gasteiger partial charge in [-0.05, 0) is 31.2 Å². The second kappa shape index (κ2) is 8.57. The Kier molecular flexibility index (Phi) is 5.95. The molecular formula is C19H17FN4O3S. The maximum atomic E-state index is 13.7. The number of amides is 2. The molecule has 0 unspecified atom stereocenters. The number of carbonyl (C=O) groups is 2. The highest BCUT2D eigenvalue weighted by Gasteiger charge is 2.20. The van der Waals surface area contributed by atoms with E-state index in [-0.39, 0.29) is 10.7 Å². The molecule has 0 aliphatic rings. The minimum Gasteiger partial charge on any atom is -0.497 e. The predicted molar refractivity (Wildman–Crippen MR) is 104 cm³/mol.